The first kappa shape index (κ1) is 9.76. The van der Waals surface area contributed by atoms with Crippen LogP contribution in [-0.4, -0.2) is 35.6 Å². The Bertz CT molecular complexity index is 299. The van der Waals surface area contributed by atoms with Crippen LogP contribution in [-0.2, 0) is 0 Å². The molecule has 2 N–H and O–H groups in total. The van der Waals surface area contributed by atoms with Crippen LogP contribution in [0.1, 0.15) is 6.42 Å². The van der Waals surface area contributed by atoms with Crippen LogP contribution < -0.4 is 9.47 Å². The Morgan fingerprint density at radius 1 is 1.50 bits per heavy atom. The van der Waals surface area contributed by atoms with Crippen LogP contribution in [0, 0.1) is 0 Å². The van der Waals surface area contributed by atoms with Crippen LogP contribution in [0.2, 0.25) is 0 Å². The van der Waals surface area contributed by atoms with Gasteiger partial charge in [-0.15, -0.1) is 11.3 Å². The highest BCUT2D eigenvalue weighted by molar-refractivity contribution is 7.08. The molecule has 0 aromatic carbocycles. The number of aliphatic hydroxyl groups is 2. The van der Waals surface area contributed by atoms with E-state index >= 15 is 0 Å². The van der Waals surface area contributed by atoms with Gasteiger partial charge in [0.15, 0.2) is 11.5 Å². The number of ether oxygens (including phenoxy) is 2. The number of rotatable bonds is 3. The van der Waals surface area contributed by atoms with Crippen LogP contribution in [0.3, 0.4) is 0 Å². The summed E-state index contributed by atoms with van der Waals surface area (Å²) in [6, 6.07) is 0. The molecule has 1 aliphatic heterocycles. The van der Waals surface area contributed by atoms with E-state index in [1.54, 1.807) is 0 Å². The minimum Gasteiger partial charge on any atom is -0.485 e. The maximum atomic E-state index is 9.23. The van der Waals surface area contributed by atoms with Gasteiger partial charge in [0.1, 0.15) is 12.7 Å². The summed E-state index contributed by atoms with van der Waals surface area (Å²) in [5.74, 6) is 1.50. The monoisotopic (exact) mass is 216 g/mol. The van der Waals surface area contributed by atoms with E-state index in [-0.39, 0.29) is 12.7 Å². The fourth-order valence-electron chi connectivity index (χ4n) is 1.36. The SMILES string of the molecule is OCC(O)CC1COc2cscc2O1. The van der Waals surface area contributed by atoms with E-state index in [0.717, 1.165) is 11.5 Å². The highest BCUT2D eigenvalue weighted by Gasteiger charge is 2.23. The number of thiophene rings is 1. The molecular weight excluding hydrogens is 204 g/mol. The highest BCUT2D eigenvalue weighted by Crippen LogP contribution is 2.35. The fraction of sp³-hybridized carbons (Fsp3) is 0.556. The minimum absolute atomic E-state index is 0.167. The Morgan fingerprint density at radius 2 is 2.29 bits per heavy atom. The van der Waals surface area contributed by atoms with Gasteiger partial charge < -0.3 is 19.7 Å². The fourth-order valence-corrected chi connectivity index (χ4v) is 2.03. The molecule has 0 amide bonds. The van der Waals surface area contributed by atoms with E-state index in [9.17, 15) is 5.11 Å². The Kier molecular flexibility index (Phi) is 2.90. The molecule has 2 atom stereocenters. The van der Waals surface area contributed by atoms with Crippen molar-refractivity contribution in [2.45, 2.75) is 18.6 Å². The Balaban J connectivity index is 1.94. The molecule has 0 bridgehead atoms. The van der Waals surface area contributed by atoms with Gasteiger partial charge in [0.05, 0.1) is 12.7 Å². The second-order valence-corrected chi connectivity index (χ2v) is 3.97. The Hall–Kier alpha value is -0.780. The lowest BCUT2D eigenvalue weighted by Crippen LogP contribution is -2.33. The van der Waals surface area contributed by atoms with Crippen LogP contribution in [0.4, 0.5) is 0 Å². The molecule has 0 radical (unpaired) electrons. The molecule has 78 valence electrons. The number of hydrogen-bond donors (Lipinski definition) is 2. The quantitative estimate of drug-likeness (QED) is 0.778. The van der Waals surface area contributed by atoms with Gasteiger partial charge in [0, 0.05) is 17.2 Å². The predicted molar refractivity (Wildman–Crippen MR) is 51.9 cm³/mol. The van der Waals surface area contributed by atoms with E-state index in [4.69, 9.17) is 14.6 Å². The second kappa shape index (κ2) is 4.16. The zero-order valence-electron chi connectivity index (χ0n) is 7.55. The highest BCUT2D eigenvalue weighted by atomic mass is 32.1. The van der Waals surface area contributed by atoms with Gasteiger partial charge in [0.25, 0.3) is 0 Å². The zero-order chi connectivity index (χ0) is 9.97. The second-order valence-electron chi connectivity index (χ2n) is 3.22. The minimum atomic E-state index is -0.733. The third kappa shape index (κ3) is 2.00. The average Bonchev–Trinajstić information content (AvgIpc) is 2.64. The topological polar surface area (TPSA) is 58.9 Å². The van der Waals surface area contributed by atoms with E-state index in [0.29, 0.717) is 13.0 Å². The first-order valence-electron chi connectivity index (χ1n) is 4.44. The largest absolute Gasteiger partial charge is 0.485 e. The summed E-state index contributed by atoms with van der Waals surface area (Å²) in [5.41, 5.74) is 0. The molecule has 0 aliphatic carbocycles. The van der Waals surface area contributed by atoms with Crippen LogP contribution in [0.15, 0.2) is 10.8 Å². The first-order valence-corrected chi connectivity index (χ1v) is 5.38. The van der Waals surface area contributed by atoms with Crippen molar-refractivity contribution in [1.29, 1.82) is 0 Å². The van der Waals surface area contributed by atoms with Crippen molar-refractivity contribution in [1.82, 2.24) is 0 Å². The molecule has 5 heteroatoms. The lowest BCUT2D eigenvalue weighted by molar-refractivity contribution is 0.0203. The van der Waals surface area contributed by atoms with Gasteiger partial charge in [-0.2, -0.15) is 0 Å². The molecule has 1 aliphatic rings. The molecule has 1 aromatic rings. The van der Waals surface area contributed by atoms with Crippen molar-refractivity contribution in [2.75, 3.05) is 13.2 Å². The van der Waals surface area contributed by atoms with Crippen molar-refractivity contribution >= 4 is 11.3 Å². The summed E-state index contributed by atoms with van der Waals surface area (Å²) in [5, 5.41) is 21.7. The van der Waals surface area contributed by atoms with Gasteiger partial charge >= 0.3 is 0 Å². The summed E-state index contributed by atoms with van der Waals surface area (Å²) in [7, 11) is 0. The van der Waals surface area contributed by atoms with E-state index in [1.807, 2.05) is 10.8 Å². The molecule has 1 aromatic heterocycles. The molecule has 0 saturated carbocycles. The van der Waals surface area contributed by atoms with Crippen molar-refractivity contribution in [3.8, 4) is 11.5 Å². The third-order valence-electron chi connectivity index (χ3n) is 2.06. The summed E-state index contributed by atoms with van der Waals surface area (Å²) in [6.45, 7) is 0.192. The summed E-state index contributed by atoms with van der Waals surface area (Å²) >= 11 is 1.52. The zero-order valence-corrected chi connectivity index (χ0v) is 8.37. The van der Waals surface area contributed by atoms with Gasteiger partial charge in [-0.3, -0.25) is 0 Å². The molecule has 2 heterocycles. The van der Waals surface area contributed by atoms with Crippen LogP contribution in [0.25, 0.3) is 0 Å². The summed E-state index contributed by atoms with van der Waals surface area (Å²) < 4.78 is 11.0. The summed E-state index contributed by atoms with van der Waals surface area (Å²) in [6.07, 6.45) is -0.505. The Morgan fingerprint density at radius 3 is 3.07 bits per heavy atom. The molecule has 2 rings (SSSR count). The third-order valence-corrected chi connectivity index (χ3v) is 2.76. The summed E-state index contributed by atoms with van der Waals surface area (Å²) in [4.78, 5) is 0. The van der Waals surface area contributed by atoms with Crippen molar-refractivity contribution in [3.63, 3.8) is 0 Å². The standard InChI is InChI=1S/C9H12O4S/c10-2-6(11)1-7-3-12-8-4-14-5-9(8)13-7/h4-7,10-11H,1-3H2. The molecular formula is C9H12O4S. The lowest BCUT2D eigenvalue weighted by atomic mass is 10.1. The number of hydrogen-bond acceptors (Lipinski definition) is 5. The molecule has 14 heavy (non-hydrogen) atoms. The predicted octanol–water partition coefficient (Wildman–Crippen LogP) is 0.631. The van der Waals surface area contributed by atoms with Gasteiger partial charge in [0.2, 0.25) is 0 Å². The van der Waals surface area contributed by atoms with Crippen LogP contribution >= 0.6 is 11.3 Å². The maximum Gasteiger partial charge on any atom is 0.172 e. The maximum absolute atomic E-state index is 9.23. The normalized spacial score (nSPS) is 22.0. The van der Waals surface area contributed by atoms with Gasteiger partial charge in [-0.25, -0.2) is 0 Å². The number of fused-ring (bicyclic) bond motifs is 1. The molecule has 0 fully saturated rings. The molecule has 2 unspecified atom stereocenters. The smallest absolute Gasteiger partial charge is 0.172 e. The van der Waals surface area contributed by atoms with Crippen molar-refractivity contribution in [3.05, 3.63) is 10.8 Å². The van der Waals surface area contributed by atoms with Gasteiger partial charge in [-0.1, -0.05) is 0 Å². The number of aliphatic hydroxyl groups excluding tert-OH is 2. The lowest BCUT2D eigenvalue weighted by Gasteiger charge is -2.25. The van der Waals surface area contributed by atoms with Crippen molar-refractivity contribution in [2.24, 2.45) is 0 Å². The van der Waals surface area contributed by atoms with E-state index in [1.165, 1.54) is 11.3 Å². The Labute approximate surface area is 85.7 Å². The molecule has 4 nitrogen and oxygen atoms in total. The van der Waals surface area contributed by atoms with E-state index < -0.39 is 6.10 Å². The average molecular weight is 216 g/mol. The van der Waals surface area contributed by atoms with Crippen molar-refractivity contribution < 1.29 is 19.7 Å². The van der Waals surface area contributed by atoms with Gasteiger partial charge in [-0.05, 0) is 0 Å². The molecule has 0 spiro atoms. The first-order chi connectivity index (χ1) is 6.79. The molecule has 0 saturated heterocycles. The van der Waals surface area contributed by atoms with E-state index in [2.05, 4.69) is 0 Å². The van der Waals surface area contributed by atoms with Crippen LogP contribution in [0.5, 0.6) is 11.5 Å².